The molecule has 2 aromatic rings. The average molecular weight is 404 g/mol. The topological polar surface area (TPSA) is 102 Å². The van der Waals surface area contributed by atoms with Crippen LogP contribution < -0.4 is 10.0 Å². The number of carbonyl (C=O) groups is 2. The molecule has 0 fully saturated rings. The van der Waals surface area contributed by atoms with Crippen molar-refractivity contribution in [3.05, 3.63) is 60.2 Å². The first-order valence-electron chi connectivity index (χ1n) is 8.96. The fourth-order valence-corrected chi connectivity index (χ4v) is 3.40. The second-order valence-electron chi connectivity index (χ2n) is 6.13. The van der Waals surface area contributed by atoms with Crippen molar-refractivity contribution < 1.29 is 22.7 Å². The van der Waals surface area contributed by atoms with Crippen molar-refractivity contribution >= 4 is 27.6 Å². The molecule has 150 valence electrons. The molecule has 0 radical (unpaired) electrons. The van der Waals surface area contributed by atoms with Crippen molar-refractivity contribution in [2.24, 2.45) is 0 Å². The first-order valence-corrected chi connectivity index (χ1v) is 10.4. The van der Waals surface area contributed by atoms with E-state index in [4.69, 9.17) is 4.74 Å². The molecule has 0 aliphatic heterocycles. The van der Waals surface area contributed by atoms with Gasteiger partial charge in [-0.1, -0.05) is 37.3 Å². The number of sulfonamides is 1. The number of amides is 1. The highest BCUT2D eigenvalue weighted by Gasteiger charge is 2.19. The Labute approximate surface area is 165 Å². The number of anilines is 1. The molecule has 0 heterocycles. The summed E-state index contributed by atoms with van der Waals surface area (Å²) in [7, 11) is -3.68. The van der Waals surface area contributed by atoms with Gasteiger partial charge >= 0.3 is 5.97 Å². The van der Waals surface area contributed by atoms with E-state index in [1.54, 1.807) is 30.3 Å². The number of esters is 1. The summed E-state index contributed by atoms with van der Waals surface area (Å²) in [5.41, 5.74) is 1.76. The smallest absolute Gasteiger partial charge is 0.307 e. The van der Waals surface area contributed by atoms with Crippen molar-refractivity contribution in [2.75, 3.05) is 11.9 Å². The van der Waals surface area contributed by atoms with E-state index in [9.17, 15) is 18.0 Å². The Morgan fingerprint density at radius 2 is 1.68 bits per heavy atom. The fraction of sp³-hybridized carbons (Fsp3) is 0.300. The number of benzene rings is 2. The molecule has 0 unspecified atom stereocenters. The summed E-state index contributed by atoms with van der Waals surface area (Å²) in [6.45, 7) is 3.37. The fourth-order valence-electron chi connectivity index (χ4n) is 2.35. The second kappa shape index (κ2) is 10.0. The predicted octanol–water partition coefficient (Wildman–Crippen LogP) is 2.49. The highest BCUT2D eigenvalue weighted by atomic mass is 32.2. The number of nitrogens with one attached hydrogen (secondary N) is 2. The summed E-state index contributed by atoms with van der Waals surface area (Å²) in [5.74, 6) is -1.12. The summed E-state index contributed by atoms with van der Waals surface area (Å²) in [4.78, 5) is 24.1. The molecule has 7 nitrogen and oxygen atoms in total. The van der Waals surface area contributed by atoms with Gasteiger partial charge < -0.3 is 10.1 Å². The molecule has 0 aromatic heterocycles. The lowest BCUT2D eigenvalue weighted by molar-refractivity contribution is -0.152. The summed E-state index contributed by atoms with van der Waals surface area (Å²) in [5, 5.41) is 2.67. The standard InChI is InChI=1S/C20H24N2O5S/c1-3-16-9-11-17(12-10-16)22-20(24)15(2)27-19(23)13-14-21-28(25,26)18-7-5-4-6-8-18/h4-12,15,21H,3,13-14H2,1-2H3,(H,22,24)/t15-/m0/s1. The van der Waals surface area contributed by atoms with Crippen LogP contribution in [0.2, 0.25) is 0 Å². The lowest BCUT2D eigenvalue weighted by Gasteiger charge is -2.14. The van der Waals surface area contributed by atoms with E-state index < -0.39 is 28.0 Å². The Hall–Kier alpha value is -2.71. The molecule has 2 rings (SSSR count). The maximum absolute atomic E-state index is 12.1. The van der Waals surface area contributed by atoms with Gasteiger partial charge in [-0.05, 0) is 43.2 Å². The molecule has 0 aliphatic rings. The van der Waals surface area contributed by atoms with Gasteiger partial charge in [0.15, 0.2) is 6.10 Å². The quantitative estimate of drug-likeness (QED) is 0.625. The van der Waals surface area contributed by atoms with Crippen LogP contribution in [0.5, 0.6) is 0 Å². The second-order valence-corrected chi connectivity index (χ2v) is 7.90. The Kier molecular flexibility index (Phi) is 7.71. The number of carbonyl (C=O) groups excluding carboxylic acids is 2. The van der Waals surface area contributed by atoms with Crippen LogP contribution in [-0.4, -0.2) is 32.9 Å². The molecule has 1 atom stereocenters. The molecule has 0 bridgehead atoms. The molecule has 28 heavy (non-hydrogen) atoms. The summed E-state index contributed by atoms with van der Waals surface area (Å²) < 4.78 is 31.5. The van der Waals surface area contributed by atoms with Gasteiger partial charge in [-0.3, -0.25) is 9.59 Å². The molecular formula is C20H24N2O5S. The molecule has 2 aromatic carbocycles. The van der Waals surface area contributed by atoms with E-state index in [-0.39, 0.29) is 17.9 Å². The minimum atomic E-state index is -3.68. The largest absolute Gasteiger partial charge is 0.452 e. The van der Waals surface area contributed by atoms with Crippen LogP contribution in [0.4, 0.5) is 5.69 Å². The van der Waals surface area contributed by atoms with E-state index in [1.807, 2.05) is 19.1 Å². The molecule has 0 saturated carbocycles. The SMILES string of the molecule is CCc1ccc(NC(=O)[C@H](C)OC(=O)CCNS(=O)(=O)c2ccccc2)cc1. The summed E-state index contributed by atoms with van der Waals surface area (Å²) in [6, 6.07) is 15.2. The molecular weight excluding hydrogens is 380 g/mol. The van der Waals surface area contributed by atoms with Gasteiger partial charge in [0.1, 0.15) is 0 Å². The summed E-state index contributed by atoms with van der Waals surface area (Å²) >= 11 is 0. The molecule has 1 amide bonds. The van der Waals surface area contributed by atoms with Crippen molar-refractivity contribution in [3.63, 3.8) is 0 Å². The van der Waals surface area contributed by atoms with Crippen molar-refractivity contribution in [2.45, 2.75) is 37.7 Å². The zero-order valence-electron chi connectivity index (χ0n) is 15.8. The first kappa shape index (κ1) is 21.6. The van der Waals surface area contributed by atoms with Gasteiger partial charge in [-0.2, -0.15) is 0 Å². The number of hydrogen-bond donors (Lipinski definition) is 2. The van der Waals surface area contributed by atoms with Gasteiger partial charge in [0.2, 0.25) is 10.0 Å². The minimum Gasteiger partial charge on any atom is -0.452 e. The highest BCUT2D eigenvalue weighted by molar-refractivity contribution is 7.89. The van der Waals surface area contributed by atoms with Gasteiger partial charge in [0.05, 0.1) is 11.3 Å². The third-order valence-electron chi connectivity index (χ3n) is 3.98. The zero-order chi connectivity index (χ0) is 20.6. The summed E-state index contributed by atoms with van der Waals surface area (Å²) in [6.07, 6.45) is -0.283. The van der Waals surface area contributed by atoms with Crippen LogP contribution in [0.1, 0.15) is 25.8 Å². The minimum absolute atomic E-state index is 0.116. The highest BCUT2D eigenvalue weighted by Crippen LogP contribution is 2.11. The van der Waals surface area contributed by atoms with Gasteiger partial charge in [-0.15, -0.1) is 0 Å². The van der Waals surface area contributed by atoms with Crippen molar-refractivity contribution in [1.82, 2.24) is 4.72 Å². The zero-order valence-corrected chi connectivity index (χ0v) is 16.7. The van der Waals surface area contributed by atoms with Crippen LogP contribution in [-0.2, 0) is 30.8 Å². The van der Waals surface area contributed by atoms with E-state index in [1.165, 1.54) is 19.1 Å². The van der Waals surface area contributed by atoms with Gasteiger partial charge in [-0.25, -0.2) is 13.1 Å². The lowest BCUT2D eigenvalue weighted by atomic mass is 10.1. The van der Waals surface area contributed by atoms with Crippen molar-refractivity contribution in [3.8, 4) is 0 Å². The Bertz CT molecular complexity index is 896. The molecule has 8 heteroatoms. The predicted molar refractivity (Wildman–Crippen MR) is 106 cm³/mol. The Balaban J connectivity index is 1.77. The Morgan fingerprint density at radius 3 is 2.29 bits per heavy atom. The number of hydrogen-bond acceptors (Lipinski definition) is 5. The molecule has 0 saturated heterocycles. The maximum atomic E-state index is 12.1. The number of aryl methyl sites for hydroxylation is 1. The van der Waals surface area contributed by atoms with Crippen LogP contribution in [0.25, 0.3) is 0 Å². The van der Waals surface area contributed by atoms with E-state index in [0.717, 1.165) is 12.0 Å². The van der Waals surface area contributed by atoms with E-state index >= 15 is 0 Å². The average Bonchev–Trinajstić information content (AvgIpc) is 2.69. The molecule has 0 aliphatic carbocycles. The van der Waals surface area contributed by atoms with Crippen LogP contribution in [0.3, 0.4) is 0 Å². The van der Waals surface area contributed by atoms with E-state index in [0.29, 0.717) is 5.69 Å². The first-order chi connectivity index (χ1) is 13.3. The van der Waals surface area contributed by atoms with Crippen LogP contribution in [0, 0.1) is 0 Å². The van der Waals surface area contributed by atoms with Crippen LogP contribution >= 0.6 is 0 Å². The maximum Gasteiger partial charge on any atom is 0.307 e. The lowest BCUT2D eigenvalue weighted by Crippen LogP contribution is -2.32. The normalized spacial score (nSPS) is 12.2. The van der Waals surface area contributed by atoms with E-state index in [2.05, 4.69) is 10.0 Å². The van der Waals surface area contributed by atoms with Gasteiger partial charge in [0, 0.05) is 12.2 Å². The monoisotopic (exact) mass is 404 g/mol. The van der Waals surface area contributed by atoms with Crippen LogP contribution in [0.15, 0.2) is 59.5 Å². The van der Waals surface area contributed by atoms with Crippen molar-refractivity contribution in [1.29, 1.82) is 0 Å². The molecule has 0 spiro atoms. The molecule has 2 N–H and O–H groups in total. The Morgan fingerprint density at radius 1 is 1.04 bits per heavy atom. The number of rotatable bonds is 9. The van der Waals surface area contributed by atoms with Gasteiger partial charge in [0.25, 0.3) is 5.91 Å². The third-order valence-corrected chi connectivity index (χ3v) is 5.46. The number of ether oxygens (including phenoxy) is 1. The third kappa shape index (κ3) is 6.47.